The van der Waals surface area contributed by atoms with Crippen LogP contribution in [-0.2, 0) is 0 Å². The minimum Gasteiger partial charge on any atom is -0.497 e. The number of ether oxygens (including phenoxy) is 3. The van der Waals surface area contributed by atoms with Crippen LogP contribution in [0, 0.1) is 0 Å². The summed E-state index contributed by atoms with van der Waals surface area (Å²) in [5.41, 5.74) is 7.10. The van der Waals surface area contributed by atoms with Crippen LogP contribution in [0.2, 0.25) is 5.02 Å². The van der Waals surface area contributed by atoms with Crippen LogP contribution in [-0.4, -0.2) is 19.8 Å². The van der Waals surface area contributed by atoms with E-state index in [2.05, 4.69) is 0 Å². The number of para-hydroxylation sites is 2. The van der Waals surface area contributed by atoms with Crippen molar-refractivity contribution in [3.05, 3.63) is 53.1 Å². The monoisotopic (exact) mass is 305 g/mol. The third-order valence-corrected chi connectivity index (χ3v) is 3.83. The molecule has 2 aromatic carbocycles. The quantitative estimate of drug-likeness (QED) is 0.946. The number of fused-ring (bicyclic) bond motifs is 1. The van der Waals surface area contributed by atoms with Crippen molar-refractivity contribution < 1.29 is 14.2 Å². The molecule has 3 rings (SSSR count). The fourth-order valence-corrected chi connectivity index (χ4v) is 2.61. The second kappa shape index (κ2) is 5.84. The van der Waals surface area contributed by atoms with Crippen molar-refractivity contribution in [1.29, 1.82) is 0 Å². The molecule has 0 spiro atoms. The standard InChI is InChI=1S/C16H16ClNO3/c1-19-10-6-7-11(12(17)8-10)16(18)15-9-20-13-4-2-3-5-14(13)21-15/h2-8,15-16H,9,18H2,1H3. The average molecular weight is 306 g/mol. The van der Waals surface area contributed by atoms with Gasteiger partial charge in [-0.25, -0.2) is 0 Å². The molecular weight excluding hydrogens is 290 g/mol. The first-order valence-corrected chi connectivity index (χ1v) is 7.04. The van der Waals surface area contributed by atoms with E-state index >= 15 is 0 Å². The highest BCUT2D eigenvalue weighted by molar-refractivity contribution is 6.31. The Balaban J connectivity index is 1.82. The molecule has 0 radical (unpaired) electrons. The molecule has 1 aliphatic heterocycles. The van der Waals surface area contributed by atoms with Gasteiger partial charge in [0.15, 0.2) is 17.6 Å². The molecule has 1 heterocycles. The molecule has 2 unspecified atom stereocenters. The Morgan fingerprint density at radius 2 is 2.00 bits per heavy atom. The summed E-state index contributed by atoms with van der Waals surface area (Å²) in [6, 6.07) is 12.6. The number of methoxy groups -OCH3 is 1. The van der Waals surface area contributed by atoms with E-state index in [1.807, 2.05) is 36.4 Å². The molecule has 1 aliphatic rings. The predicted molar refractivity (Wildman–Crippen MR) is 81.3 cm³/mol. The number of hydrogen-bond donors (Lipinski definition) is 1. The van der Waals surface area contributed by atoms with E-state index in [1.54, 1.807) is 13.2 Å². The summed E-state index contributed by atoms with van der Waals surface area (Å²) in [5.74, 6) is 2.14. The molecule has 0 saturated carbocycles. The highest BCUT2D eigenvalue weighted by Gasteiger charge is 2.28. The van der Waals surface area contributed by atoms with Gasteiger partial charge < -0.3 is 19.9 Å². The summed E-state index contributed by atoms with van der Waals surface area (Å²) >= 11 is 6.27. The summed E-state index contributed by atoms with van der Waals surface area (Å²) in [6.07, 6.45) is -0.286. The summed E-state index contributed by atoms with van der Waals surface area (Å²) in [7, 11) is 1.60. The summed E-state index contributed by atoms with van der Waals surface area (Å²) in [6.45, 7) is 0.389. The van der Waals surface area contributed by atoms with Crippen molar-refractivity contribution in [2.75, 3.05) is 13.7 Å². The highest BCUT2D eigenvalue weighted by atomic mass is 35.5. The van der Waals surface area contributed by atoms with Crippen LogP contribution < -0.4 is 19.9 Å². The second-order valence-corrected chi connectivity index (χ2v) is 5.23. The maximum Gasteiger partial charge on any atom is 0.161 e. The van der Waals surface area contributed by atoms with Crippen molar-refractivity contribution in [2.45, 2.75) is 12.1 Å². The van der Waals surface area contributed by atoms with Gasteiger partial charge in [0.1, 0.15) is 12.4 Å². The molecule has 0 amide bonds. The van der Waals surface area contributed by atoms with Gasteiger partial charge in [-0.15, -0.1) is 0 Å². The highest BCUT2D eigenvalue weighted by Crippen LogP contribution is 2.35. The molecular formula is C16H16ClNO3. The lowest BCUT2D eigenvalue weighted by atomic mass is 10.0. The zero-order valence-electron chi connectivity index (χ0n) is 11.6. The molecule has 2 atom stereocenters. The van der Waals surface area contributed by atoms with Crippen molar-refractivity contribution in [3.63, 3.8) is 0 Å². The first kappa shape index (κ1) is 14.0. The third kappa shape index (κ3) is 2.77. The first-order valence-electron chi connectivity index (χ1n) is 6.66. The Labute approximate surface area is 128 Å². The van der Waals surface area contributed by atoms with E-state index in [9.17, 15) is 0 Å². The second-order valence-electron chi connectivity index (χ2n) is 4.83. The van der Waals surface area contributed by atoms with Crippen molar-refractivity contribution in [2.24, 2.45) is 5.73 Å². The molecule has 0 aromatic heterocycles. The van der Waals surface area contributed by atoms with Crippen molar-refractivity contribution in [3.8, 4) is 17.2 Å². The van der Waals surface area contributed by atoms with Crippen LogP contribution in [0.3, 0.4) is 0 Å². The number of rotatable bonds is 3. The molecule has 2 N–H and O–H groups in total. The van der Waals surface area contributed by atoms with Crippen LogP contribution in [0.25, 0.3) is 0 Å². The molecule has 0 fully saturated rings. The average Bonchev–Trinajstić information content (AvgIpc) is 2.53. The van der Waals surface area contributed by atoms with Gasteiger partial charge in [-0.2, -0.15) is 0 Å². The normalized spacial score (nSPS) is 18.1. The van der Waals surface area contributed by atoms with Gasteiger partial charge in [-0.1, -0.05) is 29.8 Å². The Morgan fingerprint density at radius 3 is 2.71 bits per heavy atom. The molecule has 0 bridgehead atoms. The van der Waals surface area contributed by atoms with Crippen LogP contribution in [0.15, 0.2) is 42.5 Å². The van der Waals surface area contributed by atoms with Gasteiger partial charge in [0, 0.05) is 5.02 Å². The Kier molecular flexibility index (Phi) is 3.90. The summed E-state index contributed by atoms with van der Waals surface area (Å²) < 4.78 is 16.8. The molecule has 0 saturated heterocycles. The zero-order valence-corrected chi connectivity index (χ0v) is 12.3. The fraction of sp³-hybridized carbons (Fsp3) is 0.250. The number of hydrogen-bond acceptors (Lipinski definition) is 4. The van der Waals surface area contributed by atoms with Crippen LogP contribution >= 0.6 is 11.6 Å². The predicted octanol–water partition coefficient (Wildman–Crippen LogP) is 3.19. The first-order chi connectivity index (χ1) is 10.2. The van der Waals surface area contributed by atoms with E-state index in [0.717, 1.165) is 11.3 Å². The molecule has 2 aromatic rings. The van der Waals surface area contributed by atoms with Gasteiger partial charge in [0.2, 0.25) is 0 Å². The van der Waals surface area contributed by atoms with Crippen LogP contribution in [0.5, 0.6) is 17.2 Å². The Hall–Kier alpha value is -1.91. The number of nitrogens with two attached hydrogens (primary N) is 1. The van der Waals surface area contributed by atoms with Crippen LogP contribution in [0.1, 0.15) is 11.6 Å². The smallest absolute Gasteiger partial charge is 0.161 e. The third-order valence-electron chi connectivity index (χ3n) is 3.50. The van der Waals surface area contributed by atoms with Gasteiger partial charge in [0.25, 0.3) is 0 Å². The zero-order chi connectivity index (χ0) is 14.8. The van der Waals surface area contributed by atoms with E-state index in [-0.39, 0.29) is 12.1 Å². The number of benzene rings is 2. The van der Waals surface area contributed by atoms with Gasteiger partial charge in [0.05, 0.1) is 13.2 Å². The number of halogens is 1. The lowest BCUT2D eigenvalue weighted by Crippen LogP contribution is -2.39. The van der Waals surface area contributed by atoms with Crippen molar-refractivity contribution >= 4 is 11.6 Å². The minimum absolute atomic E-state index is 0.286. The van der Waals surface area contributed by atoms with Gasteiger partial charge in [-0.3, -0.25) is 0 Å². The SMILES string of the molecule is COc1ccc(C(N)C2COc3ccccc3O2)c(Cl)c1. The Morgan fingerprint density at radius 1 is 1.24 bits per heavy atom. The van der Waals surface area contributed by atoms with E-state index < -0.39 is 0 Å². The summed E-state index contributed by atoms with van der Waals surface area (Å²) in [4.78, 5) is 0. The maximum atomic E-state index is 6.29. The molecule has 5 heteroatoms. The molecule has 21 heavy (non-hydrogen) atoms. The fourth-order valence-electron chi connectivity index (χ4n) is 2.32. The maximum absolute atomic E-state index is 6.29. The summed E-state index contributed by atoms with van der Waals surface area (Å²) in [5, 5.41) is 0.560. The largest absolute Gasteiger partial charge is 0.497 e. The molecule has 4 nitrogen and oxygen atoms in total. The molecule has 0 aliphatic carbocycles. The van der Waals surface area contributed by atoms with E-state index in [0.29, 0.717) is 23.1 Å². The van der Waals surface area contributed by atoms with Gasteiger partial charge >= 0.3 is 0 Å². The topological polar surface area (TPSA) is 53.7 Å². The van der Waals surface area contributed by atoms with Crippen molar-refractivity contribution in [1.82, 2.24) is 0 Å². The van der Waals surface area contributed by atoms with E-state index in [4.69, 9.17) is 31.5 Å². The lowest BCUT2D eigenvalue weighted by molar-refractivity contribution is 0.0721. The lowest BCUT2D eigenvalue weighted by Gasteiger charge is -2.30. The molecule has 110 valence electrons. The van der Waals surface area contributed by atoms with Crippen LogP contribution in [0.4, 0.5) is 0 Å². The Bertz CT molecular complexity index is 647. The minimum atomic E-state index is -0.378. The van der Waals surface area contributed by atoms with Gasteiger partial charge in [-0.05, 0) is 29.8 Å². The van der Waals surface area contributed by atoms with E-state index in [1.165, 1.54) is 0 Å².